The molecular weight excluding hydrogens is 432 g/mol. The highest BCUT2D eigenvalue weighted by Gasteiger charge is 2.16. The number of rotatable bonds is 7. The molecule has 0 aliphatic rings. The Morgan fingerprint density at radius 1 is 1.04 bits per heavy atom. The Balaban J connectivity index is 0.00000364. The fraction of sp³-hybridized carbons (Fsp3) is 0.222. The lowest BCUT2D eigenvalue weighted by atomic mass is 10.2. The number of thioether (sulfide) groups is 1. The third kappa shape index (κ3) is 7.90. The van der Waals surface area contributed by atoms with Gasteiger partial charge in [-0.2, -0.15) is 0 Å². The van der Waals surface area contributed by atoms with E-state index in [2.05, 4.69) is 10.6 Å². The maximum absolute atomic E-state index is 12.2. The second kappa shape index (κ2) is 12.2. The number of aromatic nitrogens is 1. The number of carbonyl (C=O) groups excluding carboxylic acids is 3. The highest BCUT2D eigenvalue weighted by molar-refractivity contribution is 8.13. The minimum Gasteiger partial charge on any atom is -1.00 e. The van der Waals surface area contributed by atoms with E-state index in [4.69, 9.17) is 5.73 Å². The molecule has 0 bridgehead atoms. The minimum atomic E-state index is -0.542. The summed E-state index contributed by atoms with van der Waals surface area (Å²) in [5.74, 6) is -0.985. The van der Waals surface area contributed by atoms with Crippen molar-refractivity contribution in [3.05, 3.63) is 60.4 Å². The van der Waals surface area contributed by atoms with Gasteiger partial charge in [0.25, 0.3) is 11.1 Å². The first-order valence-electron chi connectivity index (χ1n) is 8.13. The second-order valence-electron chi connectivity index (χ2n) is 5.34. The van der Waals surface area contributed by atoms with Crippen molar-refractivity contribution in [3.63, 3.8) is 0 Å². The molecular formula is C18H21BrN4O3S. The zero-order valence-corrected chi connectivity index (χ0v) is 17.0. The Hall–Kier alpha value is -2.23. The predicted molar refractivity (Wildman–Crippen MR) is 98.5 cm³/mol. The number of benzene rings is 1. The highest BCUT2D eigenvalue weighted by Crippen LogP contribution is 2.23. The average Bonchev–Trinajstić information content (AvgIpc) is 2.63. The molecule has 0 aliphatic carbocycles. The Labute approximate surface area is 172 Å². The molecule has 3 amide bonds. The molecule has 0 saturated heterocycles. The van der Waals surface area contributed by atoms with Crippen LogP contribution in [0, 0.1) is 0 Å². The quantitative estimate of drug-likeness (QED) is 0.335. The molecule has 0 fully saturated rings. The summed E-state index contributed by atoms with van der Waals surface area (Å²) >= 11 is 0.918. The van der Waals surface area contributed by atoms with Crippen LogP contribution in [0.1, 0.15) is 16.8 Å². The van der Waals surface area contributed by atoms with Crippen molar-refractivity contribution in [2.24, 2.45) is 5.73 Å². The van der Waals surface area contributed by atoms with Gasteiger partial charge >= 0.3 is 0 Å². The minimum absolute atomic E-state index is 0. The molecule has 0 radical (unpaired) electrons. The van der Waals surface area contributed by atoms with E-state index in [9.17, 15) is 14.4 Å². The van der Waals surface area contributed by atoms with Crippen molar-refractivity contribution in [1.82, 2.24) is 10.6 Å². The topological polar surface area (TPSA) is 105 Å². The smallest absolute Gasteiger partial charge is 0.284 e. The van der Waals surface area contributed by atoms with Gasteiger partial charge in [-0.3, -0.25) is 19.7 Å². The van der Waals surface area contributed by atoms with Crippen LogP contribution in [0.25, 0.3) is 0 Å². The van der Waals surface area contributed by atoms with Crippen LogP contribution in [0.2, 0.25) is 0 Å². The number of imide groups is 1. The van der Waals surface area contributed by atoms with E-state index in [0.29, 0.717) is 18.0 Å². The van der Waals surface area contributed by atoms with Crippen LogP contribution in [0.5, 0.6) is 0 Å². The zero-order chi connectivity index (χ0) is 18.8. The maximum Gasteiger partial charge on any atom is 0.284 e. The summed E-state index contributed by atoms with van der Waals surface area (Å²) in [6, 6.07) is 12.4. The maximum atomic E-state index is 12.2. The Morgan fingerprint density at radius 2 is 1.74 bits per heavy atom. The van der Waals surface area contributed by atoms with Crippen molar-refractivity contribution >= 4 is 28.8 Å². The lowest BCUT2D eigenvalue weighted by molar-refractivity contribution is -0.694. The number of carbonyl (C=O) groups is 3. The summed E-state index contributed by atoms with van der Waals surface area (Å²) in [4.78, 5) is 36.4. The molecule has 1 aromatic carbocycles. The number of pyridine rings is 1. The summed E-state index contributed by atoms with van der Waals surface area (Å²) in [6.45, 7) is 1.27. The molecule has 2 aromatic rings. The van der Waals surface area contributed by atoms with Crippen LogP contribution in [-0.4, -0.2) is 30.1 Å². The third-order valence-corrected chi connectivity index (χ3v) is 4.28. The van der Waals surface area contributed by atoms with Gasteiger partial charge in [-0.25, -0.2) is 4.57 Å². The SMILES string of the molecule is NCCC(=O)NC(=O)c1ccccc1SC(=O)NCC[n+]1ccccc1.[Br-]. The second-order valence-corrected chi connectivity index (χ2v) is 6.36. The van der Waals surface area contributed by atoms with Crippen molar-refractivity contribution in [3.8, 4) is 0 Å². The first-order valence-corrected chi connectivity index (χ1v) is 8.95. The Morgan fingerprint density at radius 3 is 2.44 bits per heavy atom. The van der Waals surface area contributed by atoms with Gasteiger partial charge in [0.15, 0.2) is 18.9 Å². The molecule has 144 valence electrons. The van der Waals surface area contributed by atoms with Crippen molar-refractivity contribution < 1.29 is 35.9 Å². The van der Waals surface area contributed by atoms with Gasteiger partial charge in [-0.15, -0.1) is 0 Å². The molecule has 27 heavy (non-hydrogen) atoms. The number of nitrogens with two attached hydrogens (primary N) is 1. The Kier molecular flexibility index (Phi) is 10.3. The first kappa shape index (κ1) is 22.8. The van der Waals surface area contributed by atoms with Crippen LogP contribution >= 0.6 is 11.8 Å². The Bertz CT molecular complexity index is 774. The lowest BCUT2D eigenvalue weighted by Crippen LogP contribution is -3.00. The van der Waals surface area contributed by atoms with Crippen molar-refractivity contribution in [2.45, 2.75) is 17.9 Å². The molecule has 0 unspecified atom stereocenters. The summed E-state index contributed by atoms with van der Waals surface area (Å²) in [5, 5.41) is 4.80. The fourth-order valence-corrected chi connectivity index (χ4v) is 2.93. The fourth-order valence-electron chi connectivity index (χ4n) is 2.14. The average molecular weight is 453 g/mol. The van der Waals surface area contributed by atoms with Crippen molar-refractivity contribution in [1.29, 1.82) is 0 Å². The lowest BCUT2D eigenvalue weighted by Gasteiger charge is -2.09. The van der Waals surface area contributed by atoms with Crippen LogP contribution < -0.4 is 37.9 Å². The van der Waals surface area contributed by atoms with Gasteiger partial charge in [-0.1, -0.05) is 18.2 Å². The molecule has 0 spiro atoms. The third-order valence-electron chi connectivity index (χ3n) is 3.38. The van der Waals surface area contributed by atoms with Gasteiger partial charge in [0, 0.05) is 30.0 Å². The number of hydrogen-bond acceptors (Lipinski definition) is 5. The normalized spacial score (nSPS) is 9.81. The summed E-state index contributed by atoms with van der Waals surface area (Å²) in [6.07, 6.45) is 3.90. The summed E-state index contributed by atoms with van der Waals surface area (Å²) < 4.78 is 1.95. The monoisotopic (exact) mass is 452 g/mol. The van der Waals surface area contributed by atoms with Crippen LogP contribution in [0.4, 0.5) is 4.79 Å². The highest BCUT2D eigenvalue weighted by atomic mass is 79.9. The number of halogens is 1. The van der Waals surface area contributed by atoms with E-state index in [-0.39, 0.29) is 40.7 Å². The number of hydrogen-bond donors (Lipinski definition) is 3. The van der Waals surface area contributed by atoms with Gasteiger partial charge in [0.2, 0.25) is 5.91 Å². The number of nitrogens with one attached hydrogen (secondary N) is 2. The molecule has 1 aromatic heterocycles. The molecule has 7 nitrogen and oxygen atoms in total. The predicted octanol–water partition coefficient (Wildman–Crippen LogP) is -1.91. The molecule has 9 heteroatoms. The molecule has 0 saturated carbocycles. The largest absolute Gasteiger partial charge is 1.00 e. The zero-order valence-electron chi connectivity index (χ0n) is 14.6. The van der Waals surface area contributed by atoms with E-state index in [0.717, 1.165) is 11.8 Å². The summed E-state index contributed by atoms with van der Waals surface area (Å²) in [7, 11) is 0. The molecule has 0 atom stereocenters. The van der Waals surface area contributed by atoms with Gasteiger partial charge < -0.3 is 28.0 Å². The summed E-state index contributed by atoms with van der Waals surface area (Å²) in [5.41, 5.74) is 5.57. The van der Waals surface area contributed by atoms with E-state index < -0.39 is 11.8 Å². The van der Waals surface area contributed by atoms with E-state index in [1.54, 1.807) is 24.3 Å². The molecule has 2 rings (SSSR count). The molecule has 4 N–H and O–H groups in total. The van der Waals surface area contributed by atoms with Gasteiger partial charge in [0.05, 0.1) is 12.1 Å². The van der Waals surface area contributed by atoms with E-state index in [1.165, 1.54) is 0 Å². The number of nitrogens with zero attached hydrogens (tertiary/aromatic N) is 1. The molecule has 1 heterocycles. The van der Waals surface area contributed by atoms with Gasteiger partial charge in [0.1, 0.15) is 0 Å². The number of amides is 3. The standard InChI is InChI=1S/C18H20N4O3S.BrH/c19-9-8-16(23)21-17(24)14-6-2-3-7-15(14)26-18(25)20-10-13-22-11-4-1-5-12-22;/h1-7,11-12H,8-10,13,19H2,(H-,20,21,23,24,25);1H. The van der Waals surface area contributed by atoms with Crippen LogP contribution in [0.3, 0.4) is 0 Å². The van der Waals surface area contributed by atoms with Crippen LogP contribution in [-0.2, 0) is 11.3 Å². The van der Waals surface area contributed by atoms with Crippen molar-refractivity contribution in [2.75, 3.05) is 13.1 Å². The first-order chi connectivity index (χ1) is 12.6. The van der Waals surface area contributed by atoms with Crippen LogP contribution in [0.15, 0.2) is 59.8 Å². The van der Waals surface area contributed by atoms with E-state index >= 15 is 0 Å². The van der Waals surface area contributed by atoms with E-state index in [1.807, 2.05) is 35.2 Å². The molecule has 0 aliphatic heterocycles. The van der Waals surface area contributed by atoms with Gasteiger partial charge in [-0.05, 0) is 23.9 Å².